The zero-order valence-electron chi connectivity index (χ0n) is 15.3. The molecule has 0 aliphatic heterocycles. The topological polar surface area (TPSA) is 48.5 Å². The molecule has 0 unspecified atom stereocenters. The third kappa shape index (κ3) is 3.10. The van der Waals surface area contributed by atoms with Crippen molar-refractivity contribution < 1.29 is 4.79 Å². The normalized spacial score (nSPS) is 11.2. The molecule has 0 spiro atoms. The molecule has 132 valence electrons. The highest BCUT2D eigenvalue weighted by molar-refractivity contribution is 6.16. The van der Waals surface area contributed by atoms with E-state index in [2.05, 4.69) is 11.0 Å². The van der Waals surface area contributed by atoms with E-state index in [1.165, 1.54) is 0 Å². The van der Waals surface area contributed by atoms with Crippen LogP contribution >= 0.6 is 0 Å². The van der Waals surface area contributed by atoms with E-state index in [0.717, 1.165) is 28.5 Å². The van der Waals surface area contributed by atoms with Crippen molar-refractivity contribution in [2.24, 2.45) is 0 Å². The molecule has 0 saturated heterocycles. The van der Waals surface area contributed by atoms with Crippen molar-refractivity contribution in [3.05, 3.63) is 89.1 Å². The lowest BCUT2D eigenvalue weighted by Crippen LogP contribution is -2.11. The number of nitriles is 1. The summed E-state index contributed by atoms with van der Waals surface area (Å²) in [6.45, 7) is 0.825. The Morgan fingerprint density at radius 1 is 1.07 bits per heavy atom. The predicted molar refractivity (Wildman–Crippen MR) is 107 cm³/mol. The smallest absolute Gasteiger partial charge is 0.195 e. The minimum atomic E-state index is -0.0743. The number of aromatic nitrogens is 1. The quantitative estimate of drug-likeness (QED) is 0.515. The molecule has 4 rings (SSSR count). The highest BCUT2D eigenvalue weighted by Crippen LogP contribution is 2.26. The van der Waals surface area contributed by atoms with Gasteiger partial charge >= 0.3 is 0 Å². The number of carbonyl (C=O) groups excluding carboxylic acids is 1. The molecular weight excluding hydrogens is 334 g/mol. The maximum atomic E-state index is 13.3. The van der Waals surface area contributed by atoms with E-state index >= 15 is 0 Å². The lowest BCUT2D eigenvalue weighted by molar-refractivity contribution is 0.104. The molecule has 2 heterocycles. The number of fused-ring (bicyclic) bond motifs is 3. The zero-order chi connectivity index (χ0) is 19.0. The summed E-state index contributed by atoms with van der Waals surface area (Å²) in [6.07, 6.45) is 1.95. The van der Waals surface area contributed by atoms with Gasteiger partial charge in [-0.25, -0.2) is 0 Å². The average molecular weight is 353 g/mol. The number of hydrogen-bond acceptors (Lipinski definition) is 3. The van der Waals surface area contributed by atoms with Crippen molar-refractivity contribution in [3.63, 3.8) is 0 Å². The fourth-order valence-electron chi connectivity index (χ4n) is 3.48. The number of ketones is 1. The SMILES string of the molecule is CN(C)Cc1ccc(C(=O)c2cc(C#N)cc3ccc4cccn4c23)cc1. The molecule has 2 aromatic heterocycles. The molecule has 0 bridgehead atoms. The van der Waals surface area contributed by atoms with Crippen LogP contribution in [0.3, 0.4) is 0 Å². The Bertz CT molecular complexity index is 1190. The first-order chi connectivity index (χ1) is 13.1. The van der Waals surface area contributed by atoms with E-state index in [9.17, 15) is 10.1 Å². The monoisotopic (exact) mass is 353 g/mol. The maximum Gasteiger partial charge on any atom is 0.195 e. The predicted octanol–water partition coefficient (Wildman–Crippen LogP) is 4.26. The van der Waals surface area contributed by atoms with Gasteiger partial charge in [0, 0.05) is 34.8 Å². The van der Waals surface area contributed by atoms with Crippen LogP contribution in [-0.2, 0) is 6.54 Å². The molecule has 0 saturated carbocycles. The summed E-state index contributed by atoms with van der Waals surface area (Å²) >= 11 is 0. The molecule has 0 atom stereocenters. The third-order valence-corrected chi connectivity index (χ3v) is 4.68. The van der Waals surface area contributed by atoms with Gasteiger partial charge in [0.2, 0.25) is 0 Å². The van der Waals surface area contributed by atoms with Gasteiger partial charge in [0.25, 0.3) is 0 Å². The molecule has 0 amide bonds. The summed E-state index contributed by atoms with van der Waals surface area (Å²) in [7, 11) is 4.03. The van der Waals surface area contributed by atoms with Gasteiger partial charge < -0.3 is 9.30 Å². The molecule has 0 aliphatic rings. The number of rotatable bonds is 4. The van der Waals surface area contributed by atoms with Crippen LogP contribution in [0.25, 0.3) is 16.4 Å². The van der Waals surface area contributed by atoms with Gasteiger partial charge in [-0.2, -0.15) is 5.26 Å². The average Bonchev–Trinajstić information content (AvgIpc) is 3.15. The maximum absolute atomic E-state index is 13.3. The Balaban J connectivity index is 1.88. The molecule has 0 fully saturated rings. The second-order valence-corrected chi connectivity index (χ2v) is 6.97. The van der Waals surface area contributed by atoms with Crippen LogP contribution in [0.15, 0.2) is 66.9 Å². The Morgan fingerprint density at radius 3 is 2.56 bits per heavy atom. The number of hydrogen-bond donors (Lipinski definition) is 0. The van der Waals surface area contributed by atoms with Crippen molar-refractivity contribution in [2.45, 2.75) is 6.54 Å². The summed E-state index contributed by atoms with van der Waals surface area (Å²) < 4.78 is 2.00. The lowest BCUT2D eigenvalue weighted by Gasteiger charge is -2.12. The second kappa shape index (κ2) is 6.71. The van der Waals surface area contributed by atoms with Crippen molar-refractivity contribution in [2.75, 3.05) is 14.1 Å². The van der Waals surface area contributed by atoms with E-state index < -0.39 is 0 Å². The van der Waals surface area contributed by atoms with Crippen LogP contribution in [0.1, 0.15) is 27.0 Å². The minimum absolute atomic E-state index is 0.0743. The Morgan fingerprint density at radius 2 is 1.85 bits per heavy atom. The molecule has 4 heteroatoms. The summed E-state index contributed by atoms with van der Waals surface area (Å²) in [5.74, 6) is -0.0743. The van der Waals surface area contributed by atoms with Crippen LogP contribution in [-0.4, -0.2) is 29.2 Å². The highest BCUT2D eigenvalue weighted by atomic mass is 16.1. The first-order valence-corrected chi connectivity index (χ1v) is 8.79. The number of nitrogens with zero attached hydrogens (tertiary/aromatic N) is 3. The highest BCUT2D eigenvalue weighted by Gasteiger charge is 2.16. The fourth-order valence-corrected chi connectivity index (χ4v) is 3.48. The summed E-state index contributed by atoms with van der Waals surface area (Å²) in [6, 6.07) is 21.3. The first-order valence-electron chi connectivity index (χ1n) is 8.79. The van der Waals surface area contributed by atoms with Crippen molar-refractivity contribution in [1.82, 2.24) is 9.30 Å². The van der Waals surface area contributed by atoms with Gasteiger partial charge in [0.15, 0.2) is 5.78 Å². The van der Waals surface area contributed by atoms with E-state index in [1.807, 2.05) is 79.3 Å². The van der Waals surface area contributed by atoms with E-state index in [-0.39, 0.29) is 5.78 Å². The van der Waals surface area contributed by atoms with E-state index in [1.54, 1.807) is 6.07 Å². The van der Waals surface area contributed by atoms with Gasteiger partial charge in [-0.1, -0.05) is 30.3 Å². The van der Waals surface area contributed by atoms with E-state index in [4.69, 9.17) is 0 Å². The molecule has 27 heavy (non-hydrogen) atoms. The molecular formula is C23H19N3O. The van der Waals surface area contributed by atoms with E-state index in [0.29, 0.717) is 16.7 Å². The summed E-state index contributed by atoms with van der Waals surface area (Å²) in [5.41, 5.74) is 4.66. The molecule has 4 nitrogen and oxygen atoms in total. The Kier molecular flexibility index (Phi) is 4.23. The molecule has 0 aliphatic carbocycles. The molecule has 0 radical (unpaired) electrons. The molecule has 4 aromatic rings. The largest absolute Gasteiger partial charge is 0.316 e. The lowest BCUT2D eigenvalue weighted by atomic mass is 9.97. The van der Waals surface area contributed by atoms with Crippen LogP contribution in [0, 0.1) is 11.3 Å². The van der Waals surface area contributed by atoms with Gasteiger partial charge in [0.05, 0.1) is 17.1 Å². The Hall–Kier alpha value is -3.42. The van der Waals surface area contributed by atoms with Gasteiger partial charge in [-0.15, -0.1) is 0 Å². The van der Waals surface area contributed by atoms with Crippen molar-refractivity contribution in [1.29, 1.82) is 5.26 Å². The number of carbonyl (C=O) groups is 1. The van der Waals surface area contributed by atoms with Crippen LogP contribution < -0.4 is 0 Å². The summed E-state index contributed by atoms with van der Waals surface area (Å²) in [4.78, 5) is 15.4. The zero-order valence-corrected chi connectivity index (χ0v) is 15.3. The third-order valence-electron chi connectivity index (χ3n) is 4.68. The molecule has 2 aromatic carbocycles. The summed E-state index contributed by atoms with van der Waals surface area (Å²) in [5, 5.41) is 10.3. The van der Waals surface area contributed by atoms with Gasteiger partial charge in [-0.3, -0.25) is 4.79 Å². The first kappa shape index (κ1) is 17.0. The standard InChI is InChI=1S/C23H19N3O/c1-25(2)15-16-5-7-18(8-6-16)23(27)21-13-17(14-24)12-19-9-10-20-4-3-11-26(20)22(19)21/h3-13H,15H2,1-2H3. The van der Waals surface area contributed by atoms with Crippen LogP contribution in [0.5, 0.6) is 0 Å². The molecule has 0 N–H and O–H groups in total. The van der Waals surface area contributed by atoms with Crippen molar-refractivity contribution >= 4 is 22.2 Å². The minimum Gasteiger partial charge on any atom is -0.316 e. The van der Waals surface area contributed by atoms with Crippen LogP contribution in [0.4, 0.5) is 0 Å². The van der Waals surface area contributed by atoms with Gasteiger partial charge in [0.1, 0.15) is 0 Å². The number of benzene rings is 2. The number of pyridine rings is 1. The van der Waals surface area contributed by atoms with Crippen molar-refractivity contribution in [3.8, 4) is 6.07 Å². The van der Waals surface area contributed by atoms with Gasteiger partial charge in [-0.05, 0) is 50.0 Å². The Labute approximate surface area is 157 Å². The van der Waals surface area contributed by atoms with Crippen LogP contribution in [0.2, 0.25) is 0 Å². The second-order valence-electron chi connectivity index (χ2n) is 6.97. The fraction of sp³-hybridized carbons (Fsp3) is 0.130.